The van der Waals surface area contributed by atoms with Gasteiger partial charge < -0.3 is 10.0 Å². The van der Waals surface area contributed by atoms with Gasteiger partial charge in [-0.3, -0.25) is 0 Å². The van der Waals surface area contributed by atoms with Gasteiger partial charge in [0.05, 0.1) is 0 Å². The Balaban J connectivity index is 2.48. The van der Waals surface area contributed by atoms with E-state index >= 15 is 0 Å². The fourth-order valence-electron chi connectivity index (χ4n) is 1.65. The number of aromatic nitrogens is 2. The van der Waals surface area contributed by atoms with Crippen molar-refractivity contribution in [3.8, 4) is 0 Å². The third-order valence-corrected chi connectivity index (χ3v) is 3.18. The minimum Gasteiger partial charge on any atom is -0.477 e. The fourth-order valence-corrected chi connectivity index (χ4v) is 1.92. The molecule has 1 heterocycles. The van der Waals surface area contributed by atoms with E-state index in [4.69, 9.17) is 0 Å². The van der Waals surface area contributed by atoms with E-state index in [0.717, 1.165) is 10.2 Å². The van der Waals surface area contributed by atoms with Crippen molar-refractivity contribution in [2.24, 2.45) is 0 Å². The Bertz CT molecular complexity index is 614. The van der Waals surface area contributed by atoms with E-state index in [-0.39, 0.29) is 5.56 Å². The van der Waals surface area contributed by atoms with Crippen molar-refractivity contribution in [2.45, 2.75) is 6.92 Å². The number of carboxylic acid groups (broad SMARTS) is 1. The van der Waals surface area contributed by atoms with Crippen LogP contribution in [0.25, 0.3) is 0 Å². The van der Waals surface area contributed by atoms with Gasteiger partial charge in [-0.05, 0) is 31.2 Å². The highest BCUT2D eigenvalue weighted by Crippen LogP contribution is 2.26. The number of nitrogens with zero attached hydrogens (tertiary/aromatic N) is 3. The third kappa shape index (κ3) is 2.90. The average Bonchev–Trinajstić information content (AvgIpc) is 2.38. The average molecular weight is 322 g/mol. The molecule has 5 nitrogen and oxygen atoms in total. The van der Waals surface area contributed by atoms with Gasteiger partial charge in [0.2, 0.25) is 0 Å². The number of halogens is 1. The molecule has 19 heavy (non-hydrogen) atoms. The monoisotopic (exact) mass is 321 g/mol. The molecule has 0 amide bonds. The predicted molar refractivity (Wildman–Crippen MR) is 75.9 cm³/mol. The van der Waals surface area contributed by atoms with Crippen LogP contribution in [-0.2, 0) is 0 Å². The molecule has 6 heteroatoms. The van der Waals surface area contributed by atoms with E-state index in [0.29, 0.717) is 11.6 Å². The maximum absolute atomic E-state index is 11.2. The zero-order chi connectivity index (χ0) is 14.0. The first kappa shape index (κ1) is 13.5. The summed E-state index contributed by atoms with van der Waals surface area (Å²) in [6, 6.07) is 7.54. The Morgan fingerprint density at radius 2 is 1.95 bits per heavy atom. The molecule has 0 atom stereocenters. The van der Waals surface area contributed by atoms with Gasteiger partial charge in [0, 0.05) is 23.4 Å². The van der Waals surface area contributed by atoms with Crippen molar-refractivity contribution < 1.29 is 9.90 Å². The summed E-state index contributed by atoms with van der Waals surface area (Å²) in [5, 5.41) is 9.18. The molecule has 2 rings (SSSR count). The molecule has 0 saturated heterocycles. The quantitative estimate of drug-likeness (QED) is 0.941. The van der Waals surface area contributed by atoms with Crippen LogP contribution in [0.2, 0.25) is 0 Å². The fraction of sp³-hybridized carbons (Fsp3) is 0.154. The van der Waals surface area contributed by atoms with E-state index in [1.165, 1.54) is 6.20 Å². The number of hydrogen-bond acceptors (Lipinski definition) is 4. The van der Waals surface area contributed by atoms with Crippen LogP contribution in [0, 0.1) is 6.92 Å². The van der Waals surface area contributed by atoms with E-state index in [1.54, 1.807) is 18.9 Å². The summed E-state index contributed by atoms with van der Waals surface area (Å²) in [4.78, 5) is 21.1. The first-order chi connectivity index (χ1) is 8.99. The van der Waals surface area contributed by atoms with Crippen molar-refractivity contribution in [1.29, 1.82) is 0 Å². The maximum atomic E-state index is 11.2. The first-order valence-electron chi connectivity index (χ1n) is 5.55. The number of rotatable bonds is 3. The predicted octanol–water partition coefficient (Wildman–Crippen LogP) is 3.01. The molecule has 1 aromatic carbocycles. The van der Waals surface area contributed by atoms with Crippen LogP contribution in [0.5, 0.6) is 0 Å². The molecule has 2 aromatic rings. The Kier molecular flexibility index (Phi) is 3.80. The zero-order valence-electron chi connectivity index (χ0n) is 10.5. The Morgan fingerprint density at radius 1 is 1.32 bits per heavy atom. The lowest BCUT2D eigenvalue weighted by Gasteiger charge is -2.20. The van der Waals surface area contributed by atoms with E-state index in [2.05, 4.69) is 25.9 Å². The number of anilines is 2. The van der Waals surface area contributed by atoms with Gasteiger partial charge in [-0.2, -0.15) is 0 Å². The number of aryl methyl sites for hydroxylation is 1. The minimum absolute atomic E-state index is 0.0796. The second-order valence-electron chi connectivity index (χ2n) is 4.00. The Hall–Kier alpha value is -1.95. The lowest BCUT2D eigenvalue weighted by molar-refractivity contribution is 0.0697. The third-order valence-electron chi connectivity index (χ3n) is 2.65. The van der Waals surface area contributed by atoms with E-state index in [1.807, 2.05) is 24.3 Å². The Labute approximate surface area is 119 Å². The molecule has 1 aromatic heterocycles. The molecule has 0 bridgehead atoms. The number of hydrogen-bond donors (Lipinski definition) is 1. The smallest absolute Gasteiger partial charge is 0.341 e. The maximum Gasteiger partial charge on any atom is 0.341 e. The molecule has 0 unspecified atom stereocenters. The van der Waals surface area contributed by atoms with Gasteiger partial charge in [0.25, 0.3) is 0 Å². The first-order valence-corrected chi connectivity index (χ1v) is 6.34. The standard InChI is InChI=1S/C13H12BrN3O2/c1-8-15-7-11(13(18)19)12(16-8)17(2)10-5-3-9(14)4-6-10/h3-7H,1-2H3,(H,18,19). The van der Waals surface area contributed by atoms with Crippen molar-refractivity contribution in [3.05, 3.63) is 46.3 Å². The van der Waals surface area contributed by atoms with Gasteiger partial charge in [-0.15, -0.1) is 0 Å². The van der Waals surface area contributed by atoms with Crippen LogP contribution in [0.3, 0.4) is 0 Å². The van der Waals surface area contributed by atoms with Gasteiger partial charge in [-0.1, -0.05) is 15.9 Å². The molecular weight excluding hydrogens is 310 g/mol. The molecular formula is C13H12BrN3O2. The normalized spacial score (nSPS) is 10.3. The SMILES string of the molecule is Cc1ncc(C(=O)O)c(N(C)c2ccc(Br)cc2)n1. The number of benzene rings is 1. The second kappa shape index (κ2) is 5.36. The van der Waals surface area contributed by atoms with Gasteiger partial charge >= 0.3 is 5.97 Å². The highest BCUT2D eigenvalue weighted by Gasteiger charge is 2.17. The second-order valence-corrected chi connectivity index (χ2v) is 4.91. The molecule has 98 valence electrons. The summed E-state index contributed by atoms with van der Waals surface area (Å²) >= 11 is 3.36. The van der Waals surface area contributed by atoms with Gasteiger partial charge in [0.1, 0.15) is 11.4 Å². The molecule has 0 spiro atoms. The summed E-state index contributed by atoms with van der Waals surface area (Å²) < 4.78 is 0.960. The number of aromatic carboxylic acids is 1. The van der Waals surface area contributed by atoms with Crippen LogP contribution in [0.1, 0.15) is 16.2 Å². The highest BCUT2D eigenvalue weighted by atomic mass is 79.9. The number of carboxylic acids is 1. The van der Waals surface area contributed by atoms with Crippen LogP contribution < -0.4 is 4.90 Å². The van der Waals surface area contributed by atoms with E-state index < -0.39 is 5.97 Å². The number of carbonyl (C=O) groups is 1. The van der Waals surface area contributed by atoms with Crippen molar-refractivity contribution >= 4 is 33.4 Å². The lowest BCUT2D eigenvalue weighted by Crippen LogP contribution is -2.17. The minimum atomic E-state index is -1.04. The zero-order valence-corrected chi connectivity index (χ0v) is 12.0. The molecule has 1 N–H and O–H groups in total. The molecule has 0 radical (unpaired) electrons. The van der Waals surface area contributed by atoms with Gasteiger partial charge in [-0.25, -0.2) is 14.8 Å². The molecule has 0 fully saturated rings. The van der Waals surface area contributed by atoms with E-state index in [9.17, 15) is 9.90 Å². The van der Waals surface area contributed by atoms with Crippen molar-refractivity contribution in [1.82, 2.24) is 9.97 Å². The van der Waals surface area contributed by atoms with Crippen LogP contribution in [-0.4, -0.2) is 28.1 Å². The van der Waals surface area contributed by atoms with Gasteiger partial charge in [0.15, 0.2) is 5.82 Å². The van der Waals surface area contributed by atoms with Crippen molar-refractivity contribution in [3.63, 3.8) is 0 Å². The molecule has 0 aliphatic rings. The topological polar surface area (TPSA) is 66.3 Å². The highest BCUT2D eigenvalue weighted by molar-refractivity contribution is 9.10. The largest absolute Gasteiger partial charge is 0.477 e. The van der Waals surface area contributed by atoms with Crippen LogP contribution in [0.4, 0.5) is 11.5 Å². The lowest BCUT2D eigenvalue weighted by atomic mass is 10.2. The van der Waals surface area contributed by atoms with Crippen LogP contribution in [0.15, 0.2) is 34.9 Å². The molecule has 0 aliphatic carbocycles. The summed E-state index contributed by atoms with van der Waals surface area (Å²) in [6.45, 7) is 1.73. The van der Waals surface area contributed by atoms with Crippen molar-refractivity contribution in [2.75, 3.05) is 11.9 Å². The summed E-state index contributed by atoms with van der Waals surface area (Å²) in [5.74, 6) is -0.134. The summed E-state index contributed by atoms with van der Waals surface area (Å²) in [5.41, 5.74) is 0.930. The van der Waals surface area contributed by atoms with Crippen LogP contribution >= 0.6 is 15.9 Å². The summed E-state index contributed by atoms with van der Waals surface area (Å²) in [6.07, 6.45) is 1.33. The molecule has 0 aliphatic heterocycles. The molecule has 0 saturated carbocycles. The summed E-state index contributed by atoms with van der Waals surface area (Å²) in [7, 11) is 1.78. The Morgan fingerprint density at radius 3 is 2.53 bits per heavy atom.